The van der Waals surface area contributed by atoms with Crippen LogP contribution in [0.25, 0.3) is 0 Å². The van der Waals surface area contributed by atoms with Crippen molar-refractivity contribution in [1.82, 2.24) is 4.90 Å². The summed E-state index contributed by atoms with van der Waals surface area (Å²) in [6.07, 6.45) is 0.227. The van der Waals surface area contributed by atoms with Gasteiger partial charge in [0.25, 0.3) is 0 Å². The minimum absolute atomic E-state index is 0.223. The molecule has 3 nitrogen and oxygen atoms in total. The van der Waals surface area contributed by atoms with Crippen LogP contribution in [-0.2, 0) is 11.3 Å². The average molecular weight is 224 g/mol. The van der Waals surface area contributed by atoms with Gasteiger partial charge in [-0.15, -0.1) is 0 Å². The van der Waals surface area contributed by atoms with Crippen molar-refractivity contribution in [2.24, 2.45) is 0 Å². The number of ether oxygens (including phenoxy) is 1. The molecule has 0 unspecified atom stereocenters. The SMILES string of the molecule is C[C@H]1CN(Cc2ccc(N)cc2F)CCO1. The number of halogens is 1. The zero-order valence-corrected chi connectivity index (χ0v) is 9.45. The van der Waals surface area contributed by atoms with Gasteiger partial charge in [0.2, 0.25) is 0 Å². The third-order valence-electron chi connectivity index (χ3n) is 2.80. The van der Waals surface area contributed by atoms with Crippen LogP contribution >= 0.6 is 0 Å². The van der Waals surface area contributed by atoms with Gasteiger partial charge in [0, 0.05) is 30.9 Å². The molecular formula is C12H17FN2O. The smallest absolute Gasteiger partial charge is 0.129 e. The Hall–Kier alpha value is -1.13. The van der Waals surface area contributed by atoms with E-state index in [0.29, 0.717) is 17.8 Å². The molecule has 0 radical (unpaired) electrons. The fraction of sp³-hybridized carbons (Fsp3) is 0.500. The van der Waals surface area contributed by atoms with Gasteiger partial charge in [-0.05, 0) is 19.1 Å². The molecule has 0 bridgehead atoms. The average Bonchev–Trinajstić information content (AvgIpc) is 2.22. The number of anilines is 1. The summed E-state index contributed by atoms with van der Waals surface area (Å²) in [4.78, 5) is 2.20. The largest absolute Gasteiger partial charge is 0.399 e. The summed E-state index contributed by atoms with van der Waals surface area (Å²) in [6.45, 7) is 5.08. The normalized spacial score (nSPS) is 22.2. The molecule has 4 heteroatoms. The molecule has 0 saturated carbocycles. The summed E-state index contributed by atoms with van der Waals surface area (Å²) in [7, 11) is 0. The van der Waals surface area contributed by atoms with Gasteiger partial charge >= 0.3 is 0 Å². The molecular weight excluding hydrogens is 207 g/mol. The van der Waals surface area contributed by atoms with E-state index < -0.39 is 0 Å². The van der Waals surface area contributed by atoms with Gasteiger partial charge < -0.3 is 10.5 Å². The minimum atomic E-state index is -0.223. The van der Waals surface area contributed by atoms with Gasteiger partial charge in [0.05, 0.1) is 12.7 Å². The van der Waals surface area contributed by atoms with E-state index in [2.05, 4.69) is 4.90 Å². The first-order valence-electron chi connectivity index (χ1n) is 5.53. The van der Waals surface area contributed by atoms with Crippen LogP contribution in [0.5, 0.6) is 0 Å². The Bertz CT molecular complexity index is 370. The number of hydrogen-bond donors (Lipinski definition) is 1. The quantitative estimate of drug-likeness (QED) is 0.776. The van der Waals surface area contributed by atoms with E-state index in [-0.39, 0.29) is 11.9 Å². The molecule has 0 aliphatic carbocycles. The minimum Gasteiger partial charge on any atom is -0.399 e. The van der Waals surface area contributed by atoms with Crippen molar-refractivity contribution < 1.29 is 9.13 Å². The molecule has 16 heavy (non-hydrogen) atoms. The van der Waals surface area contributed by atoms with Crippen LogP contribution in [0.2, 0.25) is 0 Å². The second-order valence-corrected chi connectivity index (χ2v) is 4.27. The molecule has 1 aliphatic rings. The van der Waals surface area contributed by atoms with E-state index in [0.717, 1.165) is 19.7 Å². The first-order valence-corrected chi connectivity index (χ1v) is 5.53. The van der Waals surface area contributed by atoms with E-state index in [1.165, 1.54) is 6.07 Å². The molecule has 1 atom stereocenters. The summed E-state index contributed by atoms with van der Waals surface area (Å²) in [5.74, 6) is -0.223. The van der Waals surface area contributed by atoms with Gasteiger partial charge in [0.15, 0.2) is 0 Å². The zero-order chi connectivity index (χ0) is 11.5. The Labute approximate surface area is 95.0 Å². The van der Waals surface area contributed by atoms with Crippen molar-refractivity contribution >= 4 is 5.69 Å². The Morgan fingerprint density at radius 2 is 2.38 bits per heavy atom. The molecule has 2 N–H and O–H groups in total. The monoisotopic (exact) mass is 224 g/mol. The van der Waals surface area contributed by atoms with E-state index in [1.807, 2.05) is 6.92 Å². The Morgan fingerprint density at radius 1 is 1.56 bits per heavy atom. The van der Waals surface area contributed by atoms with E-state index in [4.69, 9.17) is 10.5 Å². The van der Waals surface area contributed by atoms with Crippen molar-refractivity contribution in [3.8, 4) is 0 Å². The van der Waals surface area contributed by atoms with E-state index in [9.17, 15) is 4.39 Å². The summed E-state index contributed by atoms with van der Waals surface area (Å²) in [6, 6.07) is 4.87. The first-order chi connectivity index (χ1) is 7.65. The van der Waals surface area contributed by atoms with Crippen LogP contribution < -0.4 is 5.73 Å². The van der Waals surface area contributed by atoms with Crippen LogP contribution in [0.4, 0.5) is 10.1 Å². The standard InChI is InChI=1S/C12H17FN2O/c1-9-7-15(4-5-16-9)8-10-2-3-11(14)6-12(10)13/h2-3,6,9H,4-5,7-8,14H2,1H3/t9-/m0/s1. The predicted molar refractivity (Wildman–Crippen MR) is 61.5 cm³/mol. The number of nitrogens with two attached hydrogens (primary N) is 1. The number of benzene rings is 1. The molecule has 2 rings (SSSR count). The Morgan fingerprint density at radius 3 is 3.06 bits per heavy atom. The van der Waals surface area contributed by atoms with Gasteiger partial charge in [-0.2, -0.15) is 0 Å². The van der Waals surface area contributed by atoms with Crippen LogP contribution in [0, 0.1) is 5.82 Å². The van der Waals surface area contributed by atoms with Crippen molar-refractivity contribution in [3.05, 3.63) is 29.6 Å². The topological polar surface area (TPSA) is 38.5 Å². The molecule has 1 heterocycles. The highest BCUT2D eigenvalue weighted by Crippen LogP contribution is 2.15. The van der Waals surface area contributed by atoms with Crippen molar-refractivity contribution in [2.45, 2.75) is 19.6 Å². The lowest BCUT2D eigenvalue weighted by Gasteiger charge is -2.31. The van der Waals surface area contributed by atoms with Crippen LogP contribution in [0.3, 0.4) is 0 Å². The molecule has 1 aromatic rings. The predicted octanol–water partition coefficient (Wildman–Crippen LogP) is 1.63. The van der Waals surface area contributed by atoms with Crippen molar-refractivity contribution in [2.75, 3.05) is 25.4 Å². The van der Waals surface area contributed by atoms with E-state index >= 15 is 0 Å². The van der Waals surface area contributed by atoms with Gasteiger partial charge in [0.1, 0.15) is 5.82 Å². The maximum Gasteiger partial charge on any atom is 0.129 e. The molecule has 0 amide bonds. The summed E-state index contributed by atoms with van der Waals surface area (Å²) in [5.41, 5.74) is 6.68. The second-order valence-electron chi connectivity index (χ2n) is 4.27. The maximum absolute atomic E-state index is 13.6. The van der Waals surface area contributed by atoms with Crippen molar-refractivity contribution in [3.63, 3.8) is 0 Å². The fourth-order valence-corrected chi connectivity index (χ4v) is 1.97. The van der Waals surface area contributed by atoms with Crippen LogP contribution in [0.1, 0.15) is 12.5 Å². The van der Waals surface area contributed by atoms with Gasteiger partial charge in [-0.25, -0.2) is 4.39 Å². The highest BCUT2D eigenvalue weighted by atomic mass is 19.1. The Balaban J connectivity index is 2.02. The van der Waals surface area contributed by atoms with Gasteiger partial charge in [-0.1, -0.05) is 6.07 Å². The second kappa shape index (κ2) is 4.80. The first kappa shape index (κ1) is 11.4. The summed E-state index contributed by atoms with van der Waals surface area (Å²) in [5, 5.41) is 0. The zero-order valence-electron chi connectivity index (χ0n) is 9.45. The molecule has 1 fully saturated rings. The molecule has 1 saturated heterocycles. The van der Waals surface area contributed by atoms with Crippen LogP contribution in [0.15, 0.2) is 18.2 Å². The number of nitrogens with zero attached hydrogens (tertiary/aromatic N) is 1. The van der Waals surface area contributed by atoms with Gasteiger partial charge in [-0.3, -0.25) is 4.90 Å². The lowest BCUT2D eigenvalue weighted by Crippen LogP contribution is -2.40. The highest BCUT2D eigenvalue weighted by molar-refractivity contribution is 5.40. The number of rotatable bonds is 2. The van der Waals surface area contributed by atoms with Crippen LogP contribution in [-0.4, -0.2) is 30.7 Å². The third kappa shape index (κ3) is 2.71. The molecule has 1 aliphatic heterocycles. The molecule has 0 aromatic heterocycles. The fourth-order valence-electron chi connectivity index (χ4n) is 1.97. The van der Waals surface area contributed by atoms with E-state index in [1.54, 1.807) is 12.1 Å². The lowest BCUT2D eigenvalue weighted by atomic mass is 10.1. The Kier molecular flexibility index (Phi) is 3.41. The number of morpholine rings is 1. The number of nitrogen functional groups attached to an aromatic ring is 1. The summed E-state index contributed by atoms with van der Waals surface area (Å²) < 4.78 is 19.0. The maximum atomic E-state index is 13.6. The molecule has 1 aromatic carbocycles. The van der Waals surface area contributed by atoms with Crippen molar-refractivity contribution in [1.29, 1.82) is 0 Å². The third-order valence-corrected chi connectivity index (χ3v) is 2.80. The highest BCUT2D eigenvalue weighted by Gasteiger charge is 2.17. The number of hydrogen-bond acceptors (Lipinski definition) is 3. The molecule has 88 valence electrons. The lowest BCUT2D eigenvalue weighted by molar-refractivity contribution is -0.0215. The summed E-state index contributed by atoms with van der Waals surface area (Å²) >= 11 is 0. The molecule has 0 spiro atoms.